The van der Waals surface area contributed by atoms with Crippen LogP contribution in [0.15, 0.2) is 66.7 Å². The Labute approximate surface area is 179 Å². The largest absolute Gasteiger partial charge is 0.471 e. The van der Waals surface area contributed by atoms with Gasteiger partial charge in [0.25, 0.3) is 0 Å². The fourth-order valence-corrected chi connectivity index (χ4v) is 3.05. The van der Waals surface area contributed by atoms with Gasteiger partial charge >= 0.3 is 5.97 Å². The Hall–Kier alpha value is -2.69. The number of ether oxygens (including phenoxy) is 3. The Balaban J connectivity index is 1.86. The van der Waals surface area contributed by atoms with Crippen LogP contribution in [0.2, 0.25) is 10.0 Å². The SMILES string of the molecule is COC(=O)C(C)(Oc1ccc(Cl)c(C)c1)c1ccc(Oc2ccc(Cl)cc2)cc1. The van der Waals surface area contributed by atoms with E-state index in [1.165, 1.54) is 7.11 Å². The zero-order chi connectivity index (χ0) is 21.0. The molecule has 6 heteroatoms. The molecule has 150 valence electrons. The van der Waals surface area contributed by atoms with Crippen LogP contribution in [0.5, 0.6) is 17.2 Å². The van der Waals surface area contributed by atoms with E-state index < -0.39 is 11.6 Å². The third-order valence-electron chi connectivity index (χ3n) is 4.48. The number of hydrogen-bond donors (Lipinski definition) is 0. The lowest BCUT2D eigenvalue weighted by Crippen LogP contribution is -2.39. The standard InChI is InChI=1S/C23H20Cl2O4/c1-15-14-20(12-13-21(15)25)29-23(2,22(26)27-3)16-4-8-18(9-5-16)28-19-10-6-17(24)7-11-19/h4-14H,1-3H3. The van der Waals surface area contributed by atoms with Crippen LogP contribution in [0.4, 0.5) is 0 Å². The molecule has 0 aliphatic heterocycles. The summed E-state index contributed by atoms with van der Waals surface area (Å²) in [4.78, 5) is 12.6. The number of benzene rings is 3. The van der Waals surface area contributed by atoms with E-state index >= 15 is 0 Å². The molecule has 0 spiro atoms. The maximum atomic E-state index is 12.6. The normalized spacial score (nSPS) is 12.7. The monoisotopic (exact) mass is 430 g/mol. The second kappa shape index (κ2) is 8.76. The summed E-state index contributed by atoms with van der Waals surface area (Å²) in [5, 5.41) is 1.26. The number of rotatable bonds is 6. The van der Waals surface area contributed by atoms with Crippen LogP contribution in [0.1, 0.15) is 18.1 Å². The first-order chi connectivity index (χ1) is 13.8. The van der Waals surface area contributed by atoms with Crippen molar-refractivity contribution in [1.82, 2.24) is 0 Å². The predicted molar refractivity (Wildman–Crippen MR) is 114 cm³/mol. The lowest BCUT2D eigenvalue weighted by atomic mass is 9.95. The second-order valence-corrected chi connectivity index (χ2v) is 7.46. The zero-order valence-electron chi connectivity index (χ0n) is 16.2. The summed E-state index contributed by atoms with van der Waals surface area (Å²) in [7, 11) is 1.33. The van der Waals surface area contributed by atoms with Gasteiger partial charge in [-0.25, -0.2) is 4.79 Å². The fraction of sp³-hybridized carbons (Fsp3) is 0.174. The van der Waals surface area contributed by atoms with E-state index in [4.69, 9.17) is 37.4 Å². The average Bonchev–Trinajstić information content (AvgIpc) is 2.72. The third-order valence-corrected chi connectivity index (χ3v) is 5.16. The fourth-order valence-electron chi connectivity index (χ4n) is 2.81. The van der Waals surface area contributed by atoms with E-state index in [1.807, 2.05) is 6.92 Å². The highest BCUT2D eigenvalue weighted by atomic mass is 35.5. The summed E-state index contributed by atoms with van der Waals surface area (Å²) >= 11 is 12.0. The van der Waals surface area contributed by atoms with Gasteiger partial charge in [0, 0.05) is 15.6 Å². The molecule has 0 aromatic heterocycles. The molecule has 0 heterocycles. The van der Waals surface area contributed by atoms with Gasteiger partial charge in [0.15, 0.2) is 0 Å². The molecule has 0 fully saturated rings. The van der Waals surface area contributed by atoms with Gasteiger partial charge in [0.1, 0.15) is 17.2 Å². The highest BCUT2D eigenvalue weighted by Crippen LogP contribution is 2.33. The summed E-state index contributed by atoms with van der Waals surface area (Å²) in [5.74, 6) is 1.27. The van der Waals surface area contributed by atoms with Crippen LogP contribution >= 0.6 is 23.2 Å². The van der Waals surface area contributed by atoms with Crippen molar-refractivity contribution in [3.8, 4) is 17.2 Å². The second-order valence-electron chi connectivity index (χ2n) is 6.62. The van der Waals surface area contributed by atoms with Crippen LogP contribution < -0.4 is 9.47 Å². The zero-order valence-corrected chi connectivity index (χ0v) is 17.8. The number of esters is 1. The van der Waals surface area contributed by atoms with Crippen molar-refractivity contribution in [2.75, 3.05) is 7.11 Å². The summed E-state index contributed by atoms with van der Waals surface area (Å²) in [6.45, 7) is 3.53. The number of carbonyl (C=O) groups is 1. The predicted octanol–water partition coefficient (Wildman–Crippen LogP) is 6.56. The van der Waals surface area contributed by atoms with Gasteiger partial charge < -0.3 is 14.2 Å². The summed E-state index contributed by atoms with van der Waals surface area (Å²) in [5.41, 5.74) is 0.136. The topological polar surface area (TPSA) is 44.8 Å². The van der Waals surface area contributed by atoms with Gasteiger partial charge in [-0.15, -0.1) is 0 Å². The first kappa shape index (κ1) is 21.0. The van der Waals surface area contributed by atoms with Crippen LogP contribution in [0.3, 0.4) is 0 Å². The molecule has 0 aliphatic rings. The molecule has 1 unspecified atom stereocenters. The molecule has 4 nitrogen and oxygen atoms in total. The summed E-state index contributed by atoms with van der Waals surface area (Å²) in [6.07, 6.45) is 0. The van der Waals surface area contributed by atoms with Gasteiger partial charge in [-0.05, 0) is 74.0 Å². The first-order valence-corrected chi connectivity index (χ1v) is 9.65. The van der Waals surface area contributed by atoms with Crippen molar-refractivity contribution in [3.63, 3.8) is 0 Å². The smallest absolute Gasteiger partial charge is 0.354 e. The molecule has 3 rings (SSSR count). The van der Waals surface area contributed by atoms with Crippen LogP contribution in [0, 0.1) is 6.92 Å². The summed E-state index contributed by atoms with van der Waals surface area (Å²) < 4.78 is 16.9. The Bertz CT molecular complexity index is 1000. The Morgan fingerprint density at radius 1 is 0.862 bits per heavy atom. The van der Waals surface area contributed by atoms with Crippen LogP contribution in [-0.2, 0) is 15.1 Å². The molecule has 0 saturated carbocycles. The van der Waals surface area contributed by atoms with E-state index in [2.05, 4.69) is 0 Å². The average molecular weight is 431 g/mol. The first-order valence-electron chi connectivity index (χ1n) is 8.89. The minimum absolute atomic E-state index is 0.515. The van der Waals surface area contributed by atoms with Gasteiger partial charge in [-0.2, -0.15) is 0 Å². The minimum atomic E-state index is -1.34. The van der Waals surface area contributed by atoms with Crippen molar-refractivity contribution in [1.29, 1.82) is 0 Å². The van der Waals surface area contributed by atoms with Gasteiger partial charge in [-0.1, -0.05) is 35.3 Å². The number of halogens is 2. The Kier molecular flexibility index (Phi) is 6.36. The molecular weight excluding hydrogens is 411 g/mol. The number of carbonyl (C=O) groups excluding carboxylic acids is 1. The Morgan fingerprint density at radius 3 is 1.97 bits per heavy atom. The molecule has 0 bridgehead atoms. The molecule has 3 aromatic carbocycles. The van der Waals surface area contributed by atoms with Crippen LogP contribution in [-0.4, -0.2) is 13.1 Å². The van der Waals surface area contributed by atoms with Gasteiger partial charge in [0.2, 0.25) is 5.60 Å². The molecule has 29 heavy (non-hydrogen) atoms. The van der Waals surface area contributed by atoms with Gasteiger partial charge in [-0.3, -0.25) is 0 Å². The van der Waals surface area contributed by atoms with Crippen LogP contribution in [0.25, 0.3) is 0 Å². The highest BCUT2D eigenvalue weighted by molar-refractivity contribution is 6.31. The quantitative estimate of drug-likeness (QED) is 0.415. The molecule has 3 aromatic rings. The molecule has 0 saturated heterocycles. The van der Waals surface area contributed by atoms with Crippen molar-refractivity contribution < 1.29 is 19.0 Å². The molecule has 1 atom stereocenters. The number of methoxy groups -OCH3 is 1. The Morgan fingerprint density at radius 2 is 1.41 bits per heavy atom. The third kappa shape index (κ3) is 4.84. The van der Waals surface area contributed by atoms with Crippen molar-refractivity contribution in [2.45, 2.75) is 19.4 Å². The molecule has 0 radical (unpaired) electrons. The van der Waals surface area contributed by atoms with E-state index in [9.17, 15) is 4.79 Å². The maximum Gasteiger partial charge on any atom is 0.354 e. The number of hydrogen-bond acceptors (Lipinski definition) is 4. The highest BCUT2D eigenvalue weighted by Gasteiger charge is 2.39. The molecule has 0 amide bonds. The molecular formula is C23H20Cl2O4. The lowest BCUT2D eigenvalue weighted by Gasteiger charge is -2.28. The van der Waals surface area contributed by atoms with E-state index in [0.717, 1.165) is 5.56 Å². The molecule has 0 aliphatic carbocycles. The van der Waals surface area contributed by atoms with E-state index in [-0.39, 0.29) is 0 Å². The minimum Gasteiger partial charge on any atom is -0.471 e. The van der Waals surface area contributed by atoms with Crippen molar-refractivity contribution >= 4 is 29.2 Å². The van der Waals surface area contributed by atoms with Gasteiger partial charge in [0.05, 0.1) is 7.11 Å². The summed E-state index contributed by atoms with van der Waals surface area (Å²) in [6, 6.07) is 19.4. The van der Waals surface area contributed by atoms with Crippen molar-refractivity contribution in [3.05, 3.63) is 87.9 Å². The number of aryl methyl sites for hydroxylation is 1. The maximum absolute atomic E-state index is 12.6. The van der Waals surface area contributed by atoms with Crippen molar-refractivity contribution in [2.24, 2.45) is 0 Å². The molecule has 0 N–H and O–H groups in total. The van der Waals surface area contributed by atoms with E-state index in [0.29, 0.717) is 32.9 Å². The van der Waals surface area contributed by atoms with E-state index in [1.54, 1.807) is 73.7 Å². The lowest BCUT2D eigenvalue weighted by molar-refractivity contribution is -0.158.